The van der Waals surface area contributed by atoms with Crippen LogP contribution in [0.3, 0.4) is 0 Å². The number of aromatic nitrogens is 1. The van der Waals surface area contributed by atoms with E-state index in [4.69, 9.17) is 0 Å². The predicted molar refractivity (Wildman–Crippen MR) is 180 cm³/mol. The number of aliphatic imine (C=N–C) groups is 10. The first-order valence-electron chi connectivity index (χ1n) is 12.7. The maximum absolute atomic E-state index is 4.56. The molecule has 3 aliphatic heterocycles. The second-order valence-electron chi connectivity index (χ2n) is 7.64. The first-order chi connectivity index (χ1) is 20.9. The van der Waals surface area contributed by atoms with Crippen molar-refractivity contribution in [3.8, 4) is 0 Å². The van der Waals surface area contributed by atoms with E-state index < -0.39 is 0 Å². The Morgan fingerprint density at radius 2 is 0.952 bits per heavy atom. The molecule has 208 valence electrons. The summed E-state index contributed by atoms with van der Waals surface area (Å²) >= 11 is 0. The van der Waals surface area contributed by atoms with Crippen LogP contribution in [0.2, 0.25) is 0 Å². The lowest BCUT2D eigenvalue weighted by Gasteiger charge is -2.16. The highest BCUT2D eigenvalue weighted by Crippen LogP contribution is 2.23. The zero-order valence-corrected chi connectivity index (χ0v) is 22.7. The van der Waals surface area contributed by atoms with Gasteiger partial charge in [-0.25, -0.2) is 0 Å². The molecule has 4 heterocycles. The van der Waals surface area contributed by atoms with Crippen LogP contribution in [0, 0.1) is 0 Å². The van der Waals surface area contributed by atoms with Crippen LogP contribution in [-0.4, -0.2) is 66.2 Å². The van der Waals surface area contributed by atoms with Gasteiger partial charge in [0.1, 0.15) is 0 Å². The van der Waals surface area contributed by atoms with Crippen LogP contribution in [0.15, 0.2) is 160 Å². The van der Waals surface area contributed by atoms with E-state index in [1.165, 1.54) is 0 Å². The van der Waals surface area contributed by atoms with Crippen molar-refractivity contribution in [3.05, 3.63) is 116 Å². The number of nitrogens with zero attached hydrogens (tertiary/aromatic N) is 11. The summed E-state index contributed by atoms with van der Waals surface area (Å²) in [6.07, 6.45) is 42.2. The normalized spacial score (nSPS) is 16.7. The standard InChI is InChI=1S/C31H29N11/c1-2-4-9-33-13-16-38-20-21-39-24-26-42-25-5-7-31(42)30-27-29(41-30)28-40-23-22-35-11-6-10-34-14-17-37-19-18-36-15-12-32-8-3-1/h1-26,28H,27H2. The lowest BCUT2D eigenvalue weighted by molar-refractivity contribution is 1.04. The molecule has 0 atom stereocenters. The molecule has 0 N–H and O–H groups in total. The van der Waals surface area contributed by atoms with Crippen LogP contribution < -0.4 is 0 Å². The van der Waals surface area contributed by atoms with Crippen molar-refractivity contribution in [3.63, 3.8) is 0 Å². The van der Waals surface area contributed by atoms with Crippen molar-refractivity contribution in [1.82, 2.24) is 4.57 Å². The summed E-state index contributed by atoms with van der Waals surface area (Å²) in [7, 11) is 0. The number of hydrogen-bond donors (Lipinski definition) is 0. The van der Waals surface area contributed by atoms with Gasteiger partial charge in [-0.2, -0.15) is 0 Å². The van der Waals surface area contributed by atoms with E-state index in [9.17, 15) is 0 Å². The van der Waals surface area contributed by atoms with Crippen molar-refractivity contribution in [1.29, 1.82) is 0 Å². The molecule has 0 spiro atoms. The van der Waals surface area contributed by atoms with Gasteiger partial charge in [0, 0.05) is 131 Å². The summed E-state index contributed by atoms with van der Waals surface area (Å²) in [5.41, 5.74) is 2.89. The van der Waals surface area contributed by atoms with Gasteiger partial charge in [0.25, 0.3) is 0 Å². The molecule has 3 aliphatic rings. The summed E-state index contributed by atoms with van der Waals surface area (Å²) in [6, 6.07) is 3.97. The van der Waals surface area contributed by atoms with Gasteiger partial charge < -0.3 is 4.57 Å². The minimum absolute atomic E-state index is 0.732. The second kappa shape index (κ2) is 20.8. The van der Waals surface area contributed by atoms with Crippen molar-refractivity contribution >= 4 is 67.8 Å². The van der Waals surface area contributed by atoms with Gasteiger partial charge in [-0.05, 0) is 30.4 Å². The van der Waals surface area contributed by atoms with E-state index in [1.807, 2.05) is 41.2 Å². The Morgan fingerprint density at radius 3 is 1.55 bits per heavy atom. The Hall–Kier alpha value is -6.10. The van der Waals surface area contributed by atoms with E-state index in [2.05, 4.69) is 49.9 Å². The fourth-order valence-electron chi connectivity index (χ4n) is 2.89. The van der Waals surface area contributed by atoms with Crippen molar-refractivity contribution in [2.45, 2.75) is 6.42 Å². The summed E-state index contributed by atoms with van der Waals surface area (Å²) in [5.74, 6) is 0. The maximum Gasteiger partial charge on any atom is 0.0707 e. The predicted octanol–water partition coefficient (Wildman–Crippen LogP) is 5.64. The van der Waals surface area contributed by atoms with E-state index in [1.54, 1.807) is 130 Å². The first-order valence-corrected chi connectivity index (χ1v) is 12.7. The summed E-state index contributed by atoms with van der Waals surface area (Å²) in [5, 5.41) is 0. The fraction of sp³-hybridized carbons (Fsp3) is 0.0323. The van der Waals surface area contributed by atoms with E-state index in [0.717, 1.165) is 23.5 Å². The summed E-state index contributed by atoms with van der Waals surface area (Å²) in [6.45, 7) is 0. The van der Waals surface area contributed by atoms with E-state index >= 15 is 0 Å². The highest BCUT2D eigenvalue weighted by molar-refractivity contribution is 6.17. The van der Waals surface area contributed by atoms with E-state index in [-0.39, 0.29) is 0 Å². The number of rotatable bonds is 0. The molecule has 1 aromatic rings. The molecular formula is C31H29N11. The van der Waals surface area contributed by atoms with Crippen molar-refractivity contribution in [2.24, 2.45) is 49.9 Å². The SMILES string of the molecule is C1=CC=NC=CN=CC=NC=CN=CC=CN=CC=NC=C2CC(=N2)c2cccn2C=CN=CC=NC=CN=CC=C1. The lowest BCUT2D eigenvalue weighted by Crippen LogP contribution is -2.14. The average Bonchev–Trinajstić information content (AvgIpc) is 3.43. The van der Waals surface area contributed by atoms with Crippen molar-refractivity contribution < 1.29 is 0 Å². The lowest BCUT2D eigenvalue weighted by atomic mass is 10.1. The highest BCUT2D eigenvalue weighted by atomic mass is 15.0. The second-order valence-corrected chi connectivity index (χ2v) is 7.64. The van der Waals surface area contributed by atoms with Gasteiger partial charge >= 0.3 is 0 Å². The molecule has 2 bridgehead atoms. The molecule has 4 rings (SSSR count). The smallest absolute Gasteiger partial charge is 0.0707 e. The quantitative estimate of drug-likeness (QED) is 0.367. The first kappa shape index (κ1) is 30.4. The Balaban J connectivity index is 1.60. The summed E-state index contributed by atoms with van der Waals surface area (Å²) in [4.78, 5) is 41.5. The molecule has 11 heteroatoms. The van der Waals surface area contributed by atoms with Crippen LogP contribution in [0.5, 0.6) is 0 Å². The van der Waals surface area contributed by atoms with Gasteiger partial charge in [0.15, 0.2) is 0 Å². The Kier molecular flexibility index (Phi) is 15.1. The topological polar surface area (TPSA) is 129 Å². The van der Waals surface area contributed by atoms with Gasteiger partial charge in [-0.15, -0.1) is 0 Å². The third kappa shape index (κ3) is 13.6. The highest BCUT2D eigenvalue weighted by Gasteiger charge is 2.18. The monoisotopic (exact) mass is 555 g/mol. The van der Waals surface area contributed by atoms with Gasteiger partial charge in [0.05, 0.1) is 17.1 Å². The molecule has 0 aromatic carbocycles. The van der Waals surface area contributed by atoms with E-state index in [0.29, 0.717) is 0 Å². The minimum atomic E-state index is 0.732. The van der Waals surface area contributed by atoms with Crippen LogP contribution in [-0.2, 0) is 0 Å². The van der Waals surface area contributed by atoms with Gasteiger partial charge in [-0.1, -0.05) is 12.2 Å². The average molecular weight is 556 g/mol. The summed E-state index contributed by atoms with van der Waals surface area (Å²) < 4.78 is 1.96. The van der Waals surface area contributed by atoms with Gasteiger partial charge in [0.2, 0.25) is 0 Å². The van der Waals surface area contributed by atoms with Gasteiger partial charge in [-0.3, -0.25) is 49.9 Å². The molecule has 0 radical (unpaired) electrons. The van der Waals surface area contributed by atoms with Crippen LogP contribution >= 0.6 is 0 Å². The molecule has 0 fully saturated rings. The van der Waals surface area contributed by atoms with Crippen LogP contribution in [0.4, 0.5) is 0 Å². The third-order valence-electron chi connectivity index (χ3n) is 4.69. The molecule has 0 aliphatic carbocycles. The number of allylic oxidation sites excluding steroid dienone is 6. The molecule has 0 saturated heterocycles. The Labute approximate surface area is 244 Å². The third-order valence-corrected chi connectivity index (χ3v) is 4.69. The Morgan fingerprint density at radius 1 is 0.476 bits per heavy atom. The maximum atomic E-state index is 4.56. The molecule has 11 nitrogen and oxygen atoms in total. The molecular weight excluding hydrogens is 526 g/mol. The zero-order chi connectivity index (χ0) is 29.2. The number of hydrogen-bond acceptors (Lipinski definition) is 10. The minimum Gasteiger partial charge on any atom is -0.321 e. The van der Waals surface area contributed by atoms with Crippen LogP contribution in [0.1, 0.15) is 12.1 Å². The molecule has 42 heavy (non-hydrogen) atoms. The molecule has 0 unspecified atom stereocenters. The van der Waals surface area contributed by atoms with Crippen molar-refractivity contribution in [2.75, 3.05) is 0 Å². The molecule has 0 saturated carbocycles. The van der Waals surface area contributed by atoms with Crippen LogP contribution in [0.25, 0.3) is 6.20 Å². The zero-order valence-electron chi connectivity index (χ0n) is 22.7. The fourth-order valence-corrected chi connectivity index (χ4v) is 2.89. The Bertz CT molecular complexity index is 1540. The molecule has 1 aromatic heterocycles. The molecule has 0 amide bonds. The number of fused-ring (bicyclic) bond motifs is 16. The largest absolute Gasteiger partial charge is 0.321 e.